The zero-order valence-electron chi connectivity index (χ0n) is 18.6. The molecule has 1 aromatic heterocycles. The molecule has 2 unspecified atom stereocenters. The lowest BCUT2D eigenvalue weighted by atomic mass is 10.0. The lowest BCUT2D eigenvalue weighted by molar-refractivity contribution is 0.0827. The number of nitrogens with zero attached hydrogens (tertiary/aromatic N) is 2. The van der Waals surface area contributed by atoms with E-state index in [9.17, 15) is 9.90 Å². The molecular formula is C24H34N4O2. The van der Waals surface area contributed by atoms with E-state index >= 15 is 0 Å². The summed E-state index contributed by atoms with van der Waals surface area (Å²) in [6, 6.07) is 12.0. The SMILES string of the molecule is CN(C)C(=O)c1ccc(CC2CC[C@H](C(O)c3ccc(NC(C)(C)C)nc3)N2)cc1. The van der Waals surface area contributed by atoms with Gasteiger partial charge in [-0.15, -0.1) is 0 Å². The van der Waals surface area contributed by atoms with Crippen molar-refractivity contribution in [2.75, 3.05) is 19.4 Å². The van der Waals surface area contributed by atoms with Crippen molar-refractivity contribution in [3.05, 3.63) is 59.3 Å². The molecule has 3 rings (SSSR count). The third kappa shape index (κ3) is 5.80. The van der Waals surface area contributed by atoms with Crippen LogP contribution in [0.3, 0.4) is 0 Å². The Labute approximate surface area is 179 Å². The first-order chi connectivity index (χ1) is 14.1. The van der Waals surface area contributed by atoms with Crippen molar-refractivity contribution in [1.82, 2.24) is 15.2 Å². The van der Waals surface area contributed by atoms with Crippen LogP contribution in [0.4, 0.5) is 5.82 Å². The number of hydrogen-bond donors (Lipinski definition) is 3. The normalized spacial score (nSPS) is 20.1. The van der Waals surface area contributed by atoms with Gasteiger partial charge in [0.15, 0.2) is 0 Å². The lowest BCUT2D eigenvalue weighted by Crippen LogP contribution is -2.35. The van der Waals surface area contributed by atoms with Gasteiger partial charge in [0.1, 0.15) is 5.82 Å². The molecule has 1 saturated heterocycles. The second-order valence-electron chi connectivity index (χ2n) is 9.44. The molecule has 3 N–H and O–H groups in total. The van der Waals surface area contributed by atoms with Gasteiger partial charge in [0.05, 0.1) is 6.10 Å². The molecule has 0 bridgehead atoms. The first-order valence-electron chi connectivity index (χ1n) is 10.6. The van der Waals surface area contributed by atoms with Crippen molar-refractivity contribution in [3.63, 3.8) is 0 Å². The van der Waals surface area contributed by atoms with Gasteiger partial charge in [-0.2, -0.15) is 0 Å². The van der Waals surface area contributed by atoms with Gasteiger partial charge in [0.2, 0.25) is 0 Å². The summed E-state index contributed by atoms with van der Waals surface area (Å²) >= 11 is 0. The summed E-state index contributed by atoms with van der Waals surface area (Å²) in [5.41, 5.74) is 2.68. The quantitative estimate of drug-likeness (QED) is 0.680. The fourth-order valence-corrected chi connectivity index (χ4v) is 3.86. The van der Waals surface area contributed by atoms with Crippen LogP contribution >= 0.6 is 0 Å². The Morgan fingerprint density at radius 3 is 2.47 bits per heavy atom. The fraction of sp³-hybridized carbons (Fsp3) is 0.500. The molecule has 1 aliphatic rings. The Kier molecular flexibility index (Phi) is 6.78. The molecule has 30 heavy (non-hydrogen) atoms. The largest absolute Gasteiger partial charge is 0.387 e. The lowest BCUT2D eigenvalue weighted by Gasteiger charge is -2.23. The summed E-state index contributed by atoms with van der Waals surface area (Å²) in [6.45, 7) is 6.27. The second kappa shape index (κ2) is 9.14. The van der Waals surface area contributed by atoms with Crippen LogP contribution in [0.2, 0.25) is 0 Å². The van der Waals surface area contributed by atoms with E-state index in [-0.39, 0.29) is 17.5 Å². The van der Waals surface area contributed by atoms with Gasteiger partial charge in [-0.3, -0.25) is 4.79 Å². The Morgan fingerprint density at radius 2 is 1.90 bits per heavy atom. The van der Waals surface area contributed by atoms with Crippen molar-refractivity contribution >= 4 is 11.7 Å². The molecule has 6 heteroatoms. The number of carbonyl (C=O) groups is 1. The molecule has 3 atom stereocenters. The molecular weight excluding hydrogens is 376 g/mol. The predicted molar refractivity (Wildman–Crippen MR) is 121 cm³/mol. The minimum atomic E-state index is -0.578. The van der Waals surface area contributed by atoms with E-state index in [2.05, 4.69) is 36.4 Å². The maximum atomic E-state index is 12.0. The Balaban J connectivity index is 1.55. The summed E-state index contributed by atoms with van der Waals surface area (Å²) in [7, 11) is 3.52. The number of aromatic nitrogens is 1. The van der Waals surface area contributed by atoms with Crippen LogP contribution in [-0.4, -0.2) is 52.6 Å². The zero-order chi connectivity index (χ0) is 21.9. The Bertz CT molecular complexity index is 841. The molecule has 6 nitrogen and oxygen atoms in total. The summed E-state index contributed by atoms with van der Waals surface area (Å²) in [6.07, 6.45) is 3.99. The number of nitrogens with one attached hydrogen (secondary N) is 2. The molecule has 1 aromatic carbocycles. The number of carbonyl (C=O) groups excluding carboxylic acids is 1. The third-order valence-corrected chi connectivity index (χ3v) is 5.38. The van der Waals surface area contributed by atoms with E-state index in [0.717, 1.165) is 30.6 Å². The van der Waals surface area contributed by atoms with Crippen LogP contribution in [0, 0.1) is 0 Å². The first-order valence-corrected chi connectivity index (χ1v) is 10.6. The van der Waals surface area contributed by atoms with Crippen LogP contribution in [0.1, 0.15) is 61.2 Å². The average Bonchev–Trinajstić information content (AvgIpc) is 3.15. The monoisotopic (exact) mass is 410 g/mol. The van der Waals surface area contributed by atoms with E-state index in [4.69, 9.17) is 0 Å². The predicted octanol–water partition coefficient (Wildman–Crippen LogP) is 3.39. The third-order valence-electron chi connectivity index (χ3n) is 5.38. The molecule has 2 aromatic rings. The van der Waals surface area contributed by atoms with Gasteiger partial charge >= 0.3 is 0 Å². The number of aliphatic hydroxyl groups is 1. The van der Waals surface area contributed by atoms with Crippen LogP contribution in [0.15, 0.2) is 42.6 Å². The summed E-state index contributed by atoms with van der Waals surface area (Å²) in [5.74, 6) is 0.827. The molecule has 0 spiro atoms. The Morgan fingerprint density at radius 1 is 1.20 bits per heavy atom. The number of pyridine rings is 1. The number of aliphatic hydroxyl groups excluding tert-OH is 1. The number of anilines is 1. The molecule has 0 saturated carbocycles. The van der Waals surface area contributed by atoms with E-state index in [1.165, 1.54) is 5.56 Å². The maximum Gasteiger partial charge on any atom is 0.253 e. The standard InChI is InChI=1S/C24H34N4O2/c1-24(2,3)27-21-13-10-18(15-25-21)22(29)20-12-11-19(26-20)14-16-6-8-17(9-7-16)23(30)28(4)5/h6-10,13,15,19-20,22,26,29H,11-12,14H2,1-5H3,(H,25,27)/t19?,20-,22?/m1/s1. The molecule has 2 heterocycles. The van der Waals surface area contributed by atoms with Crippen LogP contribution in [-0.2, 0) is 6.42 Å². The number of amides is 1. The van der Waals surface area contributed by atoms with Crippen LogP contribution in [0.25, 0.3) is 0 Å². The second-order valence-corrected chi connectivity index (χ2v) is 9.44. The number of benzene rings is 1. The van der Waals surface area contributed by atoms with E-state index in [0.29, 0.717) is 11.6 Å². The summed E-state index contributed by atoms with van der Waals surface area (Å²) < 4.78 is 0. The zero-order valence-corrected chi connectivity index (χ0v) is 18.6. The fourth-order valence-electron chi connectivity index (χ4n) is 3.86. The maximum absolute atomic E-state index is 12.0. The smallest absolute Gasteiger partial charge is 0.253 e. The van der Waals surface area contributed by atoms with Crippen molar-refractivity contribution in [2.45, 2.75) is 63.8 Å². The summed E-state index contributed by atoms with van der Waals surface area (Å²) in [5, 5.41) is 17.7. The first kappa shape index (κ1) is 22.2. The highest BCUT2D eigenvalue weighted by molar-refractivity contribution is 5.93. The van der Waals surface area contributed by atoms with E-state index in [1.807, 2.05) is 36.4 Å². The van der Waals surface area contributed by atoms with Gasteiger partial charge in [-0.1, -0.05) is 18.2 Å². The molecule has 0 radical (unpaired) electrons. The highest BCUT2D eigenvalue weighted by atomic mass is 16.3. The molecule has 1 fully saturated rings. The number of hydrogen-bond acceptors (Lipinski definition) is 5. The topological polar surface area (TPSA) is 77.5 Å². The molecule has 1 aliphatic heterocycles. The van der Waals surface area contributed by atoms with Gasteiger partial charge in [0.25, 0.3) is 5.91 Å². The Hall–Kier alpha value is -2.44. The summed E-state index contributed by atoms with van der Waals surface area (Å²) in [4.78, 5) is 18.1. The molecule has 0 aliphatic carbocycles. The van der Waals surface area contributed by atoms with Gasteiger partial charge < -0.3 is 20.6 Å². The van der Waals surface area contributed by atoms with Crippen LogP contribution in [0.5, 0.6) is 0 Å². The molecule has 1 amide bonds. The van der Waals surface area contributed by atoms with E-state index < -0.39 is 6.10 Å². The van der Waals surface area contributed by atoms with Gasteiger partial charge in [-0.25, -0.2) is 4.98 Å². The van der Waals surface area contributed by atoms with E-state index in [1.54, 1.807) is 25.2 Å². The van der Waals surface area contributed by atoms with Crippen LogP contribution < -0.4 is 10.6 Å². The van der Waals surface area contributed by atoms with Crippen molar-refractivity contribution < 1.29 is 9.90 Å². The average molecular weight is 411 g/mol. The minimum Gasteiger partial charge on any atom is -0.387 e. The van der Waals surface area contributed by atoms with Crippen molar-refractivity contribution in [1.29, 1.82) is 0 Å². The number of rotatable bonds is 6. The van der Waals surface area contributed by atoms with Gasteiger partial charge in [0, 0.05) is 49.0 Å². The molecule has 162 valence electrons. The van der Waals surface area contributed by atoms with Gasteiger partial charge in [-0.05, 0) is 63.8 Å². The highest BCUT2D eigenvalue weighted by Gasteiger charge is 2.30. The minimum absolute atomic E-state index is 0.0149. The van der Waals surface area contributed by atoms with Crippen molar-refractivity contribution in [3.8, 4) is 0 Å². The van der Waals surface area contributed by atoms with Crippen molar-refractivity contribution in [2.24, 2.45) is 0 Å². The highest BCUT2D eigenvalue weighted by Crippen LogP contribution is 2.27.